The minimum absolute atomic E-state index is 0.0385. The molecule has 0 radical (unpaired) electrons. The molecule has 0 aromatic heterocycles. The van der Waals surface area contributed by atoms with E-state index in [9.17, 15) is 29.4 Å². The van der Waals surface area contributed by atoms with Crippen LogP contribution in [0.25, 0.3) is 0 Å². The van der Waals surface area contributed by atoms with E-state index in [-0.39, 0.29) is 58.8 Å². The second kappa shape index (κ2) is 10.6. The van der Waals surface area contributed by atoms with Crippen molar-refractivity contribution in [3.05, 3.63) is 22.8 Å². The first kappa shape index (κ1) is 29.7. The number of carbonyl (C=O) groups is 4. The number of aromatic hydroxyl groups is 1. The monoisotopic (exact) mass is 560 g/mol. The van der Waals surface area contributed by atoms with Crippen LogP contribution in [0.3, 0.4) is 0 Å². The van der Waals surface area contributed by atoms with Crippen molar-refractivity contribution in [2.24, 2.45) is 28.6 Å². The van der Waals surface area contributed by atoms with E-state index in [1.54, 1.807) is 0 Å². The topological polar surface area (TPSA) is 164 Å². The molecule has 40 heavy (non-hydrogen) atoms. The van der Waals surface area contributed by atoms with E-state index < -0.39 is 30.3 Å². The number of amides is 1. The molecule has 10 nitrogen and oxygen atoms in total. The molecule has 4 rings (SSSR count). The molecule has 2 saturated carbocycles. The Hall–Kier alpha value is -3.30. The maximum atomic E-state index is 13.2. The molecular formula is C30H42NO9+. The third kappa shape index (κ3) is 5.01. The summed E-state index contributed by atoms with van der Waals surface area (Å²) in [5, 5.41) is 38.9. The smallest absolute Gasteiger partial charge is 0.326 e. The molecule has 220 valence electrons. The van der Waals surface area contributed by atoms with Crippen molar-refractivity contribution in [2.45, 2.75) is 98.3 Å². The Kier molecular flexibility index (Phi) is 7.86. The van der Waals surface area contributed by atoms with E-state index in [4.69, 9.17) is 14.9 Å². The van der Waals surface area contributed by atoms with Crippen LogP contribution in [0.1, 0.15) is 94.6 Å². The Balaban J connectivity index is 1.65. The number of carboxylic acids is 2. The van der Waals surface area contributed by atoms with Gasteiger partial charge in [0.1, 0.15) is 17.9 Å². The molecule has 3 unspecified atom stereocenters. The van der Waals surface area contributed by atoms with Gasteiger partial charge in [0, 0.05) is 18.8 Å². The first-order valence-electron chi connectivity index (χ1n) is 14.1. The molecule has 1 heterocycles. The Morgan fingerprint density at radius 3 is 2.38 bits per heavy atom. The van der Waals surface area contributed by atoms with Gasteiger partial charge in [0.15, 0.2) is 0 Å². The molecule has 2 aliphatic carbocycles. The van der Waals surface area contributed by atoms with Gasteiger partial charge in [-0.2, -0.15) is 0 Å². The molecule has 3 aliphatic rings. The number of fused-ring (bicyclic) bond motifs is 2. The molecular weight excluding hydrogens is 518 g/mol. The highest BCUT2D eigenvalue weighted by Gasteiger charge is 2.56. The average molecular weight is 561 g/mol. The van der Waals surface area contributed by atoms with E-state index in [2.05, 4.69) is 27.7 Å². The summed E-state index contributed by atoms with van der Waals surface area (Å²) in [6.45, 7) is 10.1. The lowest BCUT2D eigenvalue weighted by molar-refractivity contribution is -0.173. The Labute approximate surface area is 234 Å². The number of esters is 1. The van der Waals surface area contributed by atoms with E-state index in [0.29, 0.717) is 29.4 Å². The fraction of sp³-hybridized carbons (Fsp3) is 0.667. The zero-order valence-electron chi connectivity index (χ0n) is 24.0. The summed E-state index contributed by atoms with van der Waals surface area (Å²) in [7, 11) is 0. The van der Waals surface area contributed by atoms with Gasteiger partial charge in [-0.05, 0) is 67.8 Å². The van der Waals surface area contributed by atoms with Crippen LogP contribution in [-0.2, 0) is 32.1 Å². The number of phenolic OH excluding ortho intramolecular Hbond substituents is 1. The highest BCUT2D eigenvalue weighted by molar-refractivity contribution is 6.02. The number of benzene rings is 1. The lowest BCUT2D eigenvalue weighted by atomic mass is 9.47. The number of nitrogens with zero attached hydrogens (tertiary/aromatic N) is 1. The maximum Gasteiger partial charge on any atom is 0.326 e. The standard InChI is InChI=1S/C30H41NO9/c1-15-6-7-20-21(8-10-24(29(20,3)4)40-16(2)32)30(15,5)13-18-23(33)12-17-19(26(18)36)14-31(27(17)37)22(28(38)39)9-11-25(34)35/h12,15,20-22,24,33,36H,6-11,13-14H2,1-5H3,(H,34,35)(H,38,39)/p+1/t15-,20?,21?,22?,24-,30+/m0/s1. The maximum absolute atomic E-state index is 13.2. The fourth-order valence-electron chi connectivity index (χ4n) is 7.86. The second-order valence-electron chi connectivity index (χ2n) is 12.9. The molecule has 2 fully saturated rings. The molecule has 0 saturated heterocycles. The van der Waals surface area contributed by atoms with Crippen LogP contribution in [0, 0.1) is 28.6 Å². The summed E-state index contributed by atoms with van der Waals surface area (Å²) < 4.78 is 5.72. The first-order chi connectivity index (χ1) is 18.6. The third-order valence-electron chi connectivity index (χ3n) is 10.4. The lowest BCUT2D eigenvalue weighted by Gasteiger charge is -2.59. The van der Waals surface area contributed by atoms with Gasteiger partial charge in [-0.3, -0.25) is 14.4 Å². The van der Waals surface area contributed by atoms with Gasteiger partial charge >= 0.3 is 17.9 Å². The van der Waals surface area contributed by atoms with Crippen LogP contribution in [0.2, 0.25) is 0 Å². The largest absolute Gasteiger partial charge is 0.593 e. The fourth-order valence-corrected chi connectivity index (χ4v) is 7.86. The summed E-state index contributed by atoms with van der Waals surface area (Å²) in [6.07, 6.45) is 3.18. The van der Waals surface area contributed by atoms with Crippen LogP contribution < -0.4 is 0 Å². The van der Waals surface area contributed by atoms with Gasteiger partial charge in [-0.1, -0.05) is 27.7 Å². The van der Waals surface area contributed by atoms with Gasteiger partial charge in [0.25, 0.3) is 11.7 Å². The number of phenols is 1. The quantitative estimate of drug-likeness (QED) is 0.316. The average Bonchev–Trinajstić information content (AvgIpc) is 3.16. The van der Waals surface area contributed by atoms with Crippen molar-refractivity contribution in [1.29, 1.82) is 0 Å². The van der Waals surface area contributed by atoms with Gasteiger partial charge in [-0.25, -0.2) is 4.79 Å². The minimum Gasteiger partial charge on any atom is -0.593 e. The summed E-state index contributed by atoms with van der Waals surface area (Å²) in [4.78, 5) is 49.0. The van der Waals surface area contributed by atoms with Crippen LogP contribution >= 0.6 is 0 Å². The second-order valence-corrected chi connectivity index (χ2v) is 12.9. The van der Waals surface area contributed by atoms with Crippen molar-refractivity contribution >= 4 is 23.8 Å². The highest BCUT2D eigenvalue weighted by atomic mass is 16.5. The molecule has 0 spiro atoms. The molecule has 5 N–H and O–H groups in total. The van der Waals surface area contributed by atoms with Crippen LogP contribution in [0.15, 0.2) is 6.07 Å². The van der Waals surface area contributed by atoms with Gasteiger partial charge < -0.3 is 30.1 Å². The number of carboxylic acid groups (broad SMARTS) is 2. The highest BCUT2D eigenvalue weighted by Crippen LogP contribution is 2.61. The Morgan fingerprint density at radius 2 is 1.77 bits per heavy atom. The summed E-state index contributed by atoms with van der Waals surface area (Å²) in [5.41, 5.74) is 0.406. The van der Waals surface area contributed by atoms with Crippen LogP contribution in [-0.4, -0.2) is 61.3 Å². The third-order valence-corrected chi connectivity index (χ3v) is 10.4. The zero-order valence-corrected chi connectivity index (χ0v) is 24.0. The number of aliphatic carboxylic acids is 2. The van der Waals surface area contributed by atoms with Crippen LogP contribution in [0.4, 0.5) is 0 Å². The van der Waals surface area contributed by atoms with Crippen molar-refractivity contribution in [3.63, 3.8) is 0 Å². The van der Waals surface area contributed by atoms with E-state index in [1.165, 1.54) is 13.0 Å². The number of hydrogen-bond acceptors (Lipinski definition) is 6. The van der Waals surface area contributed by atoms with Crippen molar-refractivity contribution in [2.75, 3.05) is 0 Å². The SMILES string of the molecule is CC(=O)O[C@H]1CCC2C(CC[C@H](C)[C@@]2(C)Cc2c(O)cc3c(c2[OH2+])CN(C(CCC(=O)O)C(=O)O)C3=O)C1(C)C. The van der Waals surface area contributed by atoms with E-state index >= 15 is 0 Å². The summed E-state index contributed by atoms with van der Waals surface area (Å²) in [5.74, 6) is -2.61. The normalized spacial score (nSPS) is 29.8. The molecule has 0 bridgehead atoms. The number of rotatable bonds is 8. The van der Waals surface area contributed by atoms with Crippen molar-refractivity contribution < 1.29 is 44.3 Å². The molecule has 1 amide bonds. The van der Waals surface area contributed by atoms with Crippen LogP contribution in [0.5, 0.6) is 11.5 Å². The van der Waals surface area contributed by atoms with Crippen molar-refractivity contribution in [3.8, 4) is 11.5 Å². The zero-order chi connectivity index (χ0) is 29.7. The molecule has 1 aromatic carbocycles. The Bertz CT molecular complexity index is 1220. The van der Waals surface area contributed by atoms with Crippen molar-refractivity contribution in [1.82, 2.24) is 4.90 Å². The summed E-state index contributed by atoms with van der Waals surface area (Å²) >= 11 is 0. The lowest BCUT2D eigenvalue weighted by Crippen LogP contribution is -2.55. The molecule has 10 heteroatoms. The van der Waals surface area contributed by atoms with Gasteiger partial charge in [0.05, 0.1) is 23.2 Å². The number of ether oxygens (including phenoxy) is 1. The number of carbonyl (C=O) groups excluding carboxylic acids is 2. The molecule has 1 aliphatic heterocycles. The predicted molar refractivity (Wildman–Crippen MR) is 145 cm³/mol. The first-order valence-corrected chi connectivity index (χ1v) is 14.1. The Morgan fingerprint density at radius 1 is 1.12 bits per heavy atom. The van der Waals surface area contributed by atoms with E-state index in [0.717, 1.165) is 30.6 Å². The molecule has 6 atom stereocenters. The predicted octanol–water partition coefficient (Wildman–Crippen LogP) is 4.07. The summed E-state index contributed by atoms with van der Waals surface area (Å²) in [6, 6.07) is 0.00378. The number of hydrogen-bond donors (Lipinski definition) is 3. The van der Waals surface area contributed by atoms with Gasteiger partial charge in [0.2, 0.25) is 0 Å². The van der Waals surface area contributed by atoms with Gasteiger partial charge in [-0.15, -0.1) is 0 Å². The minimum atomic E-state index is -1.34. The van der Waals surface area contributed by atoms with E-state index in [1.807, 2.05) is 0 Å². The molecule has 1 aromatic rings.